The summed E-state index contributed by atoms with van der Waals surface area (Å²) in [6.45, 7) is 4.82. The highest BCUT2D eigenvalue weighted by atomic mass is 19.1. The zero-order valence-electron chi connectivity index (χ0n) is 18.4. The summed E-state index contributed by atoms with van der Waals surface area (Å²) < 4.78 is 13.6. The molecule has 0 spiro atoms. The number of hydrogen-bond acceptors (Lipinski definition) is 2. The van der Waals surface area contributed by atoms with Gasteiger partial charge < -0.3 is 10.0 Å². The summed E-state index contributed by atoms with van der Waals surface area (Å²) in [5, 5.41) is 11.3. The molecule has 1 saturated carbocycles. The maximum absolute atomic E-state index is 13.6. The van der Waals surface area contributed by atoms with Gasteiger partial charge in [0, 0.05) is 18.5 Å². The van der Waals surface area contributed by atoms with E-state index in [0.717, 1.165) is 36.8 Å². The van der Waals surface area contributed by atoms with Crippen LogP contribution in [0.4, 0.5) is 4.39 Å². The smallest absolute Gasteiger partial charge is 0.247 e. The van der Waals surface area contributed by atoms with Gasteiger partial charge in [-0.2, -0.15) is 0 Å². The second-order valence-corrected chi connectivity index (χ2v) is 9.39. The molecule has 0 unspecified atom stereocenters. The number of halogens is 1. The third kappa shape index (κ3) is 4.59. The number of hydrogen-bond donors (Lipinski definition) is 1. The van der Waals surface area contributed by atoms with Gasteiger partial charge >= 0.3 is 0 Å². The van der Waals surface area contributed by atoms with Crippen LogP contribution in [0.3, 0.4) is 0 Å². The molecule has 4 rings (SSSR count). The topological polar surface area (TPSA) is 40.5 Å². The first-order valence-electron chi connectivity index (χ1n) is 11.4. The van der Waals surface area contributed by atoms with E-state index in [4.69, 9.17) is 0 Å². The minimum atomic E-state index is -0.746. The lowest BCUT2D eigenvalue weighted by molar-refractivity contribution is -0.150. The largest absolute Gasteiger partial charge is 0.389 e. The molecule has 3 nitrogen and oxygen atoms in total. The minimum Gasteiger partial charge on any atom is -0.389 e. The highest BCUT2D eigenvalue weighted by Crippen LogP contribution is 2.49. The number of piperidine rings is 1. The number of fused-ring (bicyclic) bond motifs is 1. The van der Waals surface area contributed by atoms with Crippen LogP contribution >= 0.6 is 0 Å². The van der Waals surface area contributed by atoms with Gasteiger partial charge in [0.2, 0.25) is 5.91 Å². The van der Waals surface area contributed by atoms with Crippen molar-refractivity contribution < 1.29 is 14.3 Å². The predicted molar refractivity (Wildman–Crippen MR) is 122 cm³/mol. The van der Waals surface area contributed by atoms with Crippen LogP contribution in [0.1, 0.15) is 74.6 Å². The number of aliphatic hydroxyl groups is 1. The molecule has 2 fully saturated rings. The number of benzene rings is 2. The first-order valence-corrected chi connectivity index (χ1v) is 11.4. The van der Waals surface area contributed by atoms with E-state index in [0.29, 0.717) is 18.9 Å². The Bertz CT molecular complexity index is 935. The van der Waals surface area contributed by atoms with Crippen molar-refractivity contribution in [2.24, 2.45) is 5.92 Å². The van der Waals surface area contributed by atoms with Gasteiger partial charge in [-0.25, -0.2) is 4.39 Å². The van der Waals surface area contributed by atoms with E-state index in [1.165, 1.54) is 17.7 Å². The standard InChI is InChI=1S/C27H32FNO2/c1-19(2)21-9-6-20(7-10-21)8-15-25(30)29-18-17-27(31)16-4-3-5-24(27)26(29)22-11-13-23(28)14-12-22/h6-15,19,24,26,31H,3-5,16-18H2,1-2H3/b15-8+/t24-,26-,27+/m0/s1. The third-order valence-electron chi connectivity index (χ3n) is 7.08. The number of rotatable bonds is 4. The molecule has 1 N–H and O–H groups in total. The highest BCUT2D eigenvalue weighted by Gasteiger charge is 2.49. The molecular formula is C27H32FNO2. The molecule has 3 atom stereocenters. The van der Waals surface area contributed by atoms with E-state index in [9.17, 15) is 14.3 Å². The highest BCUT2D eigenvalue weighted by molar-refractivity contribution is 5.92. The number of carbonyl (C=O) groups is 1. The van der Waals surface area contributed by atoms with Crippen LogP contribution in [-0.4, -0.2) is 28.1 Å². The molecule has 2 aromatic carbocycles. The zero-order valence-corrected chi connectivity index (χ0v) is 18.4. The second kappa shape index (κ2) is 8.96. The molecule has 164 valence electrons. The van der Waals surface area contributed by atoms with E-state index < -0.39 is 5.60 Å². The number of carbonyl (C=O) groups excluding carboxylic acids is 1. The van der Waals surface area contributed by atoms with E-state index in [-0.39, 0.29) is 23.7 Å². The summed E-state index contributed by atoms with van der Waals surface area (Å²) in [6.07, 6.45) is 7.80. The number of likely N-dealkylation sites (tertiary alicyclic amines) is 1. The quantitative estimate of drug-likeness (QED) is 0.629. The fraction of sp³-hybridized carbons (Fsp3) is 0.444. The predicted octanol–water partition coefficient (Wildman–Crippen LogP) is 5.86. The van der Waals surface area contributed by atoms with Crippen LogP contribution in [-0.2, 0) is 4.79 Å². The lowest BCUT2D eigenvalue weighted by atomic mass is 9.66. The van der Waals surface area contributed by atoms with Crippen LogP contribution < -0.4 is 0 Å². The Morgan fingerprint density at radius 1 is 1.10 bits per heavy atom. The molecule has 2 aliphatic rings. The SMILES string of the molecule is CC(C)c1ccc(/C=C/C(=O)N2CC[C@]3(O)CCCC[C@H]3[C@@H]2c2ccc(F)cc2)cc1. The van der Waals surface area contributed by atoms with Gasteiger partial charge in [-0.05, 0) is 60.1 Å². The van der Waals surface area contributed by atoms with Crippen molar-refractivity contribution in [2.45, 2.75) is 63.5 Å². The normalized spacial score (nSPS) is 26.3. The third-order valence-corrected chi connectivity index (χ3v) is 7.08. The van der Waals surface area contributed by atoms with Crippen molar-refractivity contribution in [3.63, 3.8) is 0 Å². The van der Waals surface area contributed by atoms with Crippen LogP contribution in [0.2, 0.25) is 0 Å². The molecule has 2 aromatic rings. The summed E-state index contributed by atoms with van der Waals surface area (Å²) in [7, 11) is 0. The Hall–Kier alpha value is -2.46. The molecule has 0 radical (unpaired) electrons. The Labute approximate surface area is 184 Å². The molecule has 31 heavy (non-hydrogen) atoms. The summed E-state index contributed by atoms with van der Waals surface area (Å²) in [5.74, 6) is 0.0952. The van der Waals surface area contributed by atoms with Crippen molar-refractivity contribution in [2.75, 3.05) is 6.54 Å². The Morgan fingerprint density at radius 3 is 2.48 bits per heavy atom. The molecule has 1 aliphatic carbocycles. The second-order valence-electron chi connectivity index (χ2n) is 9.39. The van der Waals surface area contributed by atoms with Gasteiger partial charge in [0.1, 0.15) is 5.82 Å². The lowest BCUT2D eigenvalue weighted by Crippen LogP contribution is -2.56. The number of amides is 1. The van der Waals surface area contributed by atoms with Crippen LogP contribution in [0.15, 0.2) is 54.6 Å². The fourth-order valence-electron chi connectivity index (χ4n) is 5.26. The summed E-state index contributed by atoms with van der Waals surface area (Å²) in [4.78, 5) is 15.1. The van der Waals surface area contributed by atoms with E-state index in [2.05, 4.69) is 26.0 Å². The average Bonchev–Trinajstić information content (AvgIpc) is 2.77. The van der Waals surface area contributed by atoms with Crippen molar-refractivity contribution in [3.8, 4) is 0 Å². The molecular weight excluding hydrogens is 389 g/mol. The Balaban J connectivity index is 1.60. The Morgan fingerprint density at radius 2 is 1.81 bits per heavy atom. The van der Waals surface area contributed by atoms with Gasteiger partial charge in [-0.3, -0.25) is 4.79 Å². The van der Waals surface area contributed by atoms with E-state index >= 15 is 0 Å². The van der Waals surface area contributed by atoms with Gasteiger partial charge in [-0.1, -0.05) is 63.1 Å². The fourth-order valence-corrected chi connectivity index (χ4v) is 5.26. The number of nitrogens with zero attached hydrogens (tertiary/aromatic N) is 1. The Kier molecular flexibility index (Phi) is 6.29. The van der Waals surface area contributed by atoms with Gasteiger partial charge in [0.05, 0.1) is 11.6 Å². The first-order chi connectivity index (χ1) is 14.9. The van der Waals surface area contributed by atoms with Gasteiger partial charge in [-0.15, -0.1) is 0 Å². The molecule has 0 bridgehead atoms. The van der Waals surface area contributed by atoms with Crippen molar-refractivity contribution in [1.82, 2.24) is 4.90 Å². The summed E-state index contributed by atoms with van der Waals surface area (Å²) >= 11 is 0. The summed E-state index contributed by atoms with van der Waals surface area (Å²) in [5.41, 5.74) is 2.41. The van der Waals surface area contributed by atoms with E-state index in [1.54, 1.807) is 18.2 Å². The molecule has 1 heterocycles. The molecule has 1 saturated heterocycles. The lowest BCUT2D eigenvalue weighted by Gasteiger charge is -2.52. The van der Waals surface area contributed by atoms with Crippen molar-refractivity contribution in [1.29, 1.82) is 0 Å². The minimum absolute atomic E-state index is 0.0249. The van der Waals surface area contributed by atoms with Gasteiger partial charge in [0.15, 0.2) is 0 Å². The molecule has 0 aromatic heterocycles. The molecule has 1 aliphatic heterocycles. The van der Waals surface area contributed by atoms with Gasteiger partial charge in [0.25, 0.3) is 0 Å². The summed E-state index contributed by atoms with van der Waals surface area (Å²) in [6, 6.07) is 14.4. The molecule has 1 amide bonds. The van der Waals surface area contributed by atoms with Crippen LogP contribution in [0, 0.1) is 11.7 Å². The maximum Gasteiger partial charge on any atom is 0.247 e. The van der Waals surface area contributed by atoms with Crippen molar-refractivity contribution >= 4 is 12.0 Å². The van der Waals surface area contributed by atoms with Crippen molar-refractivity contribution in [3.05, 3.63) is 77.1 Å². The monoisotopic (exact) mass is 421 g/mol. The van der Waals surface area contributed by atoms with Crippen LogP contribution in [0.25, 0.3) is 6.08 Å². The average molecular weight is 422 g/mol. The maximum atomic E-state index is 13.6. The molecule has 4 heteroatoms. The van der Waals surface area contributed by atoms with E-state index in [1.807, 2.05) is 23.1 Å². The van der Waals surface area contributed by atoms with Crippen LogP contribution in [0.5, 0.6) is 0 Å². The first kappa shape index (κ1) is 21.8. The zero-order chi connectivity index (χ0) is 22.0.